The molecule has 3 unspecified atom stereocenters. The van der Waals surface area contributed by atoms with Gasteiger partial charge in [0.15, 0.2) is 0 Å². The van der Waals surface area contributed by atoms with Crippen LogP contribution in [0.1, 0.15) is 37.9 Å². The molecule has 1 aliphatic rings. The molecule has 2 rings (SSSR count). The maximum atomic E-state index is 13.0. The van der Waals surface area contributed by atoms with Gasteiger partial charge in [-0.25, -0.2) is 0 Å². The third kappa shape index (κ3) is 3.40. The van der Waals surface area contributed by atoms with Crippen molar-refractivity contribution in [2.24, 2.45) is 5.92 Å². The van der Waals surface area contributed by atoms with Crippen molar-refractivity contribution < 1.29 is 23.1 Å². The van der Waals surface area contributed by atoms with Crippen LogP contribution in [-0.4, -0.2) is 33.0 Å². The lowest BCUT2D eigenvalue weighted by Crippen LogP contribution is -2.50. The van der Waals surface area contributed by atoms with Gasteiger partial charge in [-0.15, -0.1) is 0 Å². The van der Waals surface area contributed by atoms with E-state index in [1.807, 2.05) is 11.8 Å². The normalized spacial score (nSPS) is 26.9. The van der Waals surface area contributed by atoms with Crippen LogP contribution in [0.3, 0.4) is 0 Å². The van der Waals surface area contributed by atoms with E-state index in [2.05, 4.69) is 4.98 Å². The lowest BCUT2D eigenvalue weighted by molar-refractivity contribution is -0.148. The number of carbonyl (C=O) groups is 1. The van der Waals surface area contributed by atoms with Crippen LogP contribution >= 0.6 is 0 Å². The van der Waals surface area contributed by atoms with Crippen LogP contribution in [0.2, 0.25) is 0 Å². The van der Waals surface area contributed by atoms with E-state index in [9.17, 15) is 23.1 Å². The molecular formula is C15H19F3N2O2. The highest BCUT2D eigenvalue weighted by Crippen LogP contribution is 2.34. The average molecular weight is 316 g/mol. The second kappa shape index (κ2) is 6.24. The Balaban J connectivity index is 2.27. The number of pyridine rings is 1. The van der Waals surface area contributed by atoms with E-state index in [0.29, 0.717) is 12.8 Å². The van der Waals surface area contributed by atoms with Gasteiger partial charge in [-0.1, -0.05) is 6.07 Å². The van der Waals surface area contributed by atoms with E-state index in [4.69, 9.17) is 0 Å². The third-order valence-electron chi connectivity index (χ3n) is 4.40. The second-order valence-electron chi connectivity index (χ2n) is 5.79. The monoisotopic (exact) mass is 316 g/mol. The molecule has 0 aromatic carbocycles. The number of rotatable bonds is 3. The summed E-state index contributed by atoms with van der Waals surface area (Å²) in [5, 5.41) is 9.24. The van der Waals surface area contributed by atoms with Crippen LogP contribution in [0.4, 0.5) is 13.2 Å². The molecule has 1 aliphatic heterocycles. The minimum absolute atomic E-state index is 0.0342. The van der Waals surface area contributed by atoms with E-state index in [1.165, 1.54) is 12.1 Å². The second-order valence-corrected chi connectivity index (χ2v) is 5.79. The Bertz CT molecular complexity index is 548. The van der Waals surface area contributed by atoms with E-state index >= 15 is 0 Å². The summed E-state index contributed by atoms with van der Waals surface area (Å²) in [6.07, 6.45) is -2.18. The Kier molecular flexibility index (Phi) is 4.75. The van der Waals surface area contributed by atoms with Crippen molar-refractivity contribution in [3.63, 3.8) is 0 Å². The number of hydrogen-bond acceptors (Lipinski definition) is 3. The molecule has 7 heteroatoms. The van der Waals surface area contributed by atoms with Crippen molar-refractivity contribution in [1.82, 2.24) is 9.88 Å². The summed E-state index contributed by atoms with van der Waals surface area (Å²) in [6, 6.07) is 2.59. The SMILES string of the molecule is CC1CCC(C(=O)O)C(C)N1Cc1cccnc1C(F)(F)F. The van der Waals surface area contributed by atoms with Crippen molar-refractivity contribution in [2.75, 3.05) is 0 Å². The summed E-state index contributed by atoms with van der Waals surface area (Å²) in [4.78, 5) is 16.6. The molecule has 0 saturated carbocycles. The number of aromatic nitrogens is 1. The van der Waals surface area contributed by atoms with Crippen LogP contribution < -0.4 is 0 Å². The molecule has 0 aliphatic carbocycles. The summed E-state index contributed by atoms with van der Waals surface area (Å²) in [6.45, 7) is 3.73. The van der Waals surface area contributed by atoms with E-state index in [0.717, 1.165) is 6.20 Å². The van der Waals surface area contributed by atoms with Crippen molar-refractivity contribution >= 4 is 5.97 Å². The number of hydrogen-bond donors (Lipinski definition) is 1. The molecule has 1 fully saturated rings. The Morgan fingerprint density at radius 2 is 2.09 bits per heavy atom. The minimum atomic E-state index is -4.51. The van der Waals surface area contributed by atoms with Gasteiger partial charge in [0.05, 0.1) is 5.92 Å². The van der Waals surface area contributed by atoms with Crippen molar-refractivity contribution in [3.05, 3.63) is 29.6 Å². The zero-order chi connectivity index (χ0) is 16.5. The molecule has 1 saturated heterocycles. The Hall–Kier alpha value is -1.63. The maximum Gasteiger partial charge on any atom is 0.433 e. The predicted octanol–water partition coefficient (Wildman–Crippen LogP) is 3.17. The van der Waals surface area contributed by atoms with Gasteiger partial charge in [-0.05, 0) is 38.3 Å². The molecule has 0 amide bonds. The minimum Gasteiger partial charge on any atom is -0.481 e. The first-order chi connectivity index (χ1) is 10.2. The Morgan fingerprint density at radius 3 is 2.68 bits per heavy atom. The molecule has 2 heterocycles. The number of aliphatic carboxylic acids is 1. The molecule has 0 radical (unpaired) electrons. The smallest absolute Gasteiger partial charge is 0.433 e. The highest BCUT2D eigenvalue weighted by Gasteiger charge is 2.39. The number of carboxylic acid groups (broad SMARTS) is 1. The predicted molar refractivity (Wildman–Crippen MR) is 74.1 cm³/mol. The molecular weight excluding hydrogens is 297 g/mol. The fraction of sp³-hybridized carbons (Fsp3) is 0.600. The van der Waals surface area contributed by atoms with Gasteiger partial charge in [0.25, 0.3) is 0 Å². The standard InChI is InChI=1S/C15H19F3N2O2/c1-9-5-6-12(14(21)22)10(2)20(9)8-11-4-3-7-19-13(11)15(16,17)18/h3-4,7,9-10,12H,5-6,8H2,1-2H3,(H,21,22). The zero-order valence-electron chi connectivity index (χ0n) is 12.5. The topological polar surface area (TPSA) is 53.4 Å². The van der Waals surface area contributed by atoms with Gasteiger partial charge in [0.1, 0.15) is 5.69 Å². The molecule has 1 aromatic heterocycles. The molecule has 122 valence electrons. The first kappa shape index (κ1) is 16.7. The van der Waals surface area contributed by atoms with Crippen LogP contribution in [0, 0.1) is 5.92 Å². The molecule has 0 bridgehead atoms. The van der Waals surface area contributed by atoms with Gasteiger partial charge >= 0.3 is 12.1 Å². The van der Waals surface area contributed by atoms with Gasteiger partial charge in [-0.3, -0.25) is 14.7 Å². The summed E-state index contributed by atoms with van der Waals surface area (Å²) in [7, 11) is 0. The fourth-order valence-electron chi connectivity index (χ4n) is 3.11. The highest BCUT2D eigenvalue weighted by molar-refractivity contribution is 5.71. The number of likely N-dealkylation sites (tertiary alicyclic amines) is 1. The number of carboxylic acids is 1. The van der Waals surface area contributed by atoms with E-state index < -0.39 is 23.8 Å². The first-order valence-corrected chi connectivity index (χ1v) is 7.21. The van der Waals surface area contributed by atoms with Crippen molar-refractivity contribution in [3.8, 4) is 0 Å². The summed E-state index contributed by atoms with van der Waals surface area (Å²) in [5.41, 5.74) is -0.813. The van der Waals surface area contributed by atoms with Gasteiger partial charge < -0.3 is 5.11 Å². The molecule has 1 N–H and O–H groups in total. The largest absolute Gasteiger partial charge is 0.481 e. The van der Waals surface area contributed by atoms with Crippen LogP contribution in [0.15, 0.2) is 18.3 Å². The summed E-state index contributed by atoms with van der Waals surface area (Å²) < 4.78 is 39.1. The van der Waals surface area contributed by atoms with Crippen molar-refractivity contribution in [1.29, 1.82) is 0 Å². The van der Waals surface area contributed by atoms with Crippen LogP contribution in [0.25, 0.3) is 0 Å². The van der Waals surface area contributed by atoms with Crippen molar-refractivity contribution in [2.45, 2.75) is 51.5 Å². The van der Waals surface area contributed by atoms with Gasteiger partial charge in [-0.2, -0.15) is 13.2 Å². The molecule has 1 aromatic rings. The van der Waals surface area contributed by atoms with E-state index in [-0.39, 0.29) is 24.2 Å². The Labute approximate surface area is 127 Å². The van der Waals surface area contributed by atoms with Crippen LogP contribution in [0.5, 0.6) is 0 Å². The number of halogens is 3. The molecule has 22 heavy (non-hydrogen) atoms. The number of alkyl halides is 3. The number of piperidine rings is 1. The first-order valence-electron chi connectivity index (χ1n) is 7.21. The summed E-state index contributed by atoms with van der Waals surface area (Å²) in [5.74, 6) is -1.45. The average Bonchev–Trinajstić information content (AvgIpc) is 2.42. The highest BCUT2D eigenvalue weighted by atomic mass is 19.4. The zero-order valence-corrected chi connectivity index (χ0v) is 12.5. The summed E-state index contributed by atoms with van der Waals surface area (Å²) >= 11 is 0. The fourth-order valence-corrected chi connectivity index (χ4v) is 3.11. The lowest BCUT2D eigenvalue weighted by atomic mass is 9.86. The molecule has 4 nitrogen and oxygen atoms in total. The van der Waals surface area contributed by atoms with Gasteiger partial charge in [0, 0.05) is 24.8 Å². The van der Waals surface area contributed by atoms with Gasteiger partial charge in [0.2, 0.25) is 0 Å². The lowest BCUT2D eigenvalue weighted by Gasteiger charge is -2.42. The number of nitrogens with zero attached hydrogens (tertiary/aromatic N) is 2. The maximum absolute atomic E-state index is 13.0. The Morgan fingerprint density at radius 1 is 1.41 bits per heavy atom. The van der Waals surface area contributed by atoms with Crippen LogP contribution in [-0.2, 0) is 17.5 Å². The molecule has 0 spiro atoms. The van der Waals surface area contributed by atoms with E-state index in [1.54, 1.807) is 6.92 Å². The quantitative estimate of drug-likeness (QED) is 0.930. The molecule has 3 atom stereocenters. The third-order valence-corrected chi connectivity index (χ3v) is 4.40.